The molecule has 0 aliphatic heterocycles. The van der Waals surface area contributed by atoms with Crippen LogP contribution in [0.15, 0.2) is 0 Å². The number of nitrogens with one attached hydrogen (secondary N) is 2. The Balaban J connectivity index is 1.56. The maximum Gasteiger partial charge on any atom is 0.00414 e. The molecule has 2 saturated carbocycles. The molecule has 0 aromatic carbocycles. The van der Waals surface area contributed by atoms with E-state index in [1.54, 1.807) is 0 Å². The summed E-state index contributed by atoms with van der Waals surface area (Å²) in [6.07, 6.45) is 13.1. The Hall–Kier alpha value is -0.0800. The summed E-state index contributed by atoms with van der Waals surface area (Å²) in [6, 6.07) is 1.36. The van der Waals surface area contributed by atoms with E-state index in [4.69, 9.17) is 0 Å². The van der Waals surface area contributed by atoms with Crippen LogP contribution in [0.25, 0.3) is 0 Å². The molecule has 0 heterocycles. The Morgan fingerprint density at radius 2 is 1.43 bits per heavy atom. The van der Waals surface area contributed by atoms with Crippen molar-refractivity contribution >= 4 is 0 Å². The minimum Gasteiger partial charge on any atom is -0.314 e. The van der Waals surface area contributed by atoms with Gasteiger partial charge in [-0.25, -0.2) is 0 Å². The molecule has 2 rings (SSSR count). The van der Waals surface area contributed by atoms with Crippen molar-refractivity contribution in [1.29, 1.82) is 0 Å². The number of hydrogen-bond acceptors (Lipinski definition) is 2. The molecule has 0 spiro atoms. The van der Waals surface area contributed by atoms with Gasteiger partial charge in [0.15, 0.2) is 0 Å². The van der Waals surface area contributed by atoms with Crippen LogP contribution in [0.5, 0.6) is 0 Å². The summed E-state index contributed by atoms with van der Waals surface area (Å²) in [7, 11) is 0. The van der Waals surface area contributed by atoms with Crippen LogP contribution >= 0.6 is 0 Å². The molecule has 0 bridgehead atoms. The summed E-state index contributed by atoms with van der Waals surface area (Å²) in [5, 5.41) is 7.44. The lowest BCUT2D eigenvalue weighted by Gasteiger charge is -2.25. The fraction of sp³-hybridized carbons (Fsp3) is 1.00. The Bertz CT molecular complexity index is 271. The molecule has 2 heteroatoms. The van der Waals surface area contributed by atoms with E-state index in [1.807, 2.05) is 0 Å². The lowest BCUT2D eigenvalue weighted by molar-refractivity contribution is 0.312. The predicted octanol–water partition coefficient (Wildman–Crippen LogP) is 4.35. The lowest BCUT2D eigenvalue weighted by atomic mass is 9.89. The van der Waals surface area contributed by atoms with E-state index in [0.717, 1.165) is 17.8 Å². The second kappa shape index (κ2) is 9.15. The summed E-state index contributed by atoms with van der Waals surface area (Å²) < 4.78 is 0. The monoisotopic (exact) mass is 294 g/mol. The fourth-order valence-electron chi connectivity index (χ4n) is 4.32. The van der Waals surface area contributed by atoms with Gasteiger partial charge < -0.3 is 10.6 Å². The maximum atomic E-state index is 3.83. The predicted molar refractivity (Wildman–Crippen MR) is 92.6 cm³/mol. The van der Waals surface area contributed by atoms with Gasteiger partial charge in [-0.3, -0.25) is 0 Å². The van der Waals surface area contributed by atoms with E-state index in [9.17, 15) is 0 Å². The molecule has 0 radical (unpaired) electrons. The lowest BCUT2D eigenvalue weighted by Crippen LogP contribution is -2.33. The molecule has 2 N–H and O–H groups in total. The highest BCUT2D eigenvalue weighted by Crippen LogP contribution is 2.33. The molecule has 0 amide bonds. The molecule has 124 valence electrons. The van der Waals surface area contributed by atoms with Crippen molar-refractivity contribution in [2.75, 3.05) is 13.1 Å². The number of hydrogen-bond donors (Lipinski definition) is 2. The zero-order valence-electron chi connectivity index (χ0n) is 14.7. The van der Waals surface area contributed by atoms with Crippen LogP contribution < -0.4 is 10.6 Å². The molecule has 3 unspecified atom stereocenters. The van der Waals surface area contributed by atoms with Crippen LogP contribution in [-0.2, 0) is 0 Å². The van der Waals surface area contributed by atoms with E-state index in [1.165, 1.54) is 70.9 Å². The zero-order valence-corrected chi connectivity index (χ0v) is 14.7. The first-order chi connectivity index (χ1) is 10.1. The molecular formula is C19H38N2. The van der Waals surface area contributed by atoms with Gasteiger partial charge in [-0.1, -0.05) is 39.5 Å². The van der Waals surface area contributed by atoms with Crippen molar-refractivity contribution in [2.45, 2.75) is 90.6 Å². The summed E-state index contributed by atoms with van der Waals surface area (Å²) in [5.41, 5.74) is 0. The van der Waals surface area contributed by atoms with Gasteiger partial charge in [0.2, 0.25) is 0 Å². The van der Waals surface area contributed by atoms with Crippen LogP contribution in [0.3, 0.4) is 0 Å². The second-order valence-corrected chi connectivity index (χ2v) is 8.16. The number of rotatable bonds is 8. The summed E-state index contributed by atoms with van der Waals surface area (Å²) >= 11 is 0. The van der Waals surface area contributed by atoms with E-state index in [0.29, 0.717) is 12.1 Å². The third kappa shape index (κ3) is 6.69. The molecule has 2 nitrogen and oxygen atoms in total. The van der Waals surface area contributed by atoms with Gasteiger partial charge in [0.25, 0.3) is 0 Å². The molecule has 2 aliphatic carbocycles. The highest BCUT2D eigenvalue weighted by atomic mass is 14.9. The van der Waals surface area contributed by atoms with Crippen LogP contribution in [0, 0.1) is 17.8 Å². The Morgan fingerprint density at radius 3 is 2.14 bits per heavy atom. The van der Waals surface area contributed by atoms with E-state index in [2.05, 4.69) is 31.4 Å². The van der Waals surface area contributed by atoms with Crippen molar-refractivity contribution in [3.8, 4) is 0 Å². The van der Waals surface area contributed by atoms with Gasteiger partial charge in [0, 0.05) is 12.1 Å². The Kier molecular flexibility index (Phi) is 7.53. The van der Waals surface area contributed by atoms with E-state index in [-0.39, 0.29) is 0 Å². The first-order valence-electron chi connectivity index (χ1n) is 9.60. The molecule has 3 atom stereocenters. The molecule has 2 aliphatic rings. The standard InChI is InChI=1S/C19H38N2/c1-15(2)20-14-19-10-9-18(12-19)11-16(3)21-13-17-7-5-4-6-8-17/h15-21H,4-14H2,1-3H3. The minimum absolute atomic E-state index is 0.639. The molecule has 0 aromatic heterocycles. The summed E-state index contributed by atoms with van der Waals surface area (Å²) in [4.78, 5) is 0. The summed E-state index contributed by atoms with van der Waals surface area (Å²) in [6.45, 7) is 9.42. The quantitative estimate of drug-likeness (QED) is 0.695. The first kappa shape index (κ1) is 17.3. The minimum atomic E-state index is 0.639. The van der Waals surface area contributed by atoms with Crippen molar-refractivity contribution in [1.82, 2.24) is 10.6 Å². The first-order valence-corrected chi connectivity index (χ1v) is 9.60. The largest absolute Gasteiger partial charge is 0.314 e. The highest BCUT2D eigenvalue weighted by molar-refractivity contribution is 4.81. The molecule has 0 saturated heterocycles. The normalized spacial score (nSPS) is 29.1. The topological polar surface area (TPSA) is 24.1 Å². The molecule has 0 aromatic rings. The zero-order chi connectivity index (χ0) is 15.1. The van der Waals surface area contributed by atoms with E-state index >= 15 is 0 Å². The average molecular weight is 295 g/mol. The smallest absolute Gasteiger partial charge is 0.00414 e. The van der Waals surface area contributed by atoms with Crippen molar-refractivity contribution in [2.24, 2.45) is 17.8 Å². The van der Waals surface area contributed by atoms with Gasteiger partial charge in [-0.05, 0) is 69.9 Å². The Labute approximate surface area is 132 Å². The average Bonchev–Trinajstić information content (AvgIpc) is 2.91. The van der Waals surface area contributed by atoms with Crippen LogP contribution in [0.4, 0.5) is 0 Å². The van der Waals surface area contributed by atoms with Crippen LogP contribution in [-0.4, -0.2) is 25.2 Å². The van der Waals surface area contributed by atoms with E-state index < -0.39 is 0 Å². The van der Waals surface area contributed by atoms with Gasteiger partial charge in [0.1, 0.15) is 0 Å². The van der Waals surface area contributed by atoms with Gasteiger partial charge in [-0.2, -0.15) is 0 Å². The fourth-order valence-corrected chi connectivity index (χ4v) is 4.32. The van der Waals surface area contributed by atoms with Crippen molar-refractivity contribution in [3.05, 3.63) is 0 Å². The Morgan fingerprint density at radius 1 is 0.762 bits per heavy atom. The van der Waals surface area contributed by atoms with Gasteiger partial charge >= 0.3 is 0 Å². The van der Waals surface area contributed by atoms with Crippen LogP contribution in [0.2, 0.25) is 0 Å². The second-order valence-electron chi connectivity index (χ2n) is 8.16. The summed E-state index contributed by atoms with van der Waals surface area (Å²) in [5.74, 6) is 2.87. The third-order valence-electron chi connectivity index (χ3n) is 5.63. The van der Waals surface area contributed by atoms with Crippen LogP contribution in [0.1, 0.15) is 78.6 Å². The van der Waals surface area contributed by atoms with Gasteiger partial charge in [-0.15, -0.1) is 0 Å². The maximum absolute atomic E-state index is 3.83. The van der Waals surface area contributed by atoms with Crippen molar-refractivity contribution in [3.63, 3.8) is 0 Å². The molecule has 2 fully saturated rings. The highest BCUT2D eigenvalue weighted by Gasteiger charge is 2.26. The third-order valence-corrected chi connectivity index (χ3v) is 5.63. The van der Waals surface area contributed by atoms with Crippen molar-refractivity contribution < 1.29 is 0 Å². The SMILES string of the molecule is CC(C)NCC1CCC(CC(C)NCC2CCCCC2)C1. The molecular weight excluding hydrogens is 256 g/mol. The molecule has 21 heavy (non-hydrogen) atoms. The van der Waals surface area contributed by atoms with Gasteiger partial charge in [0.05, 0.1) is 0 Å².